The van der Waals surface area contributed by atoms with E-state index in [1.54, 1.807) is 24.3 Å². The molecule has 1 N–H and O–H groups in total. The first-order valence-electron chi connectivity index (χ1n) is 7.79. The number of hydrogen-bond acceptors (Lipinski definition) is 4. The second-order valence-corrected chi connectivity index (χ2v) is 8.07. The zero-order valence-electron chi connectivity index (χ0n) is 13.5. The van der Waals surface area contributed by atoms with Crippen LogP contribution in [0.15, 0.2) is 53.4 Å². The maximum Gasteiger partial charge on any atom is 0.341 e. The van der Waals surface area contributed by atoms with Crippen molar-refractivity contribution in [1.29, 1.82) is 0 Å². The van der Waals surface area contributed by atoms with Gasteiger partial charge in [-0.25, -0.2) is 13.2 Å². The lowest BCUT2D eigenvalue weighted by Gasteiger charge is -2.10. The minimum absolute atomic E-state index is 0.0484. The van der Waals surface area contributed by atoms with E-state index in [0.717, 1.165) is 5.56 Å². The topological polar surface area (TPSA) is 80.7 Å². The quantitative estimate of drug-likeness (QED) is 0.670. The van der Waals surface area contributed by atoms with Crippen LogP contribution in [0.25, 0.3) is 0 Å². The van der Waals surface area contributed by atoms with E-state index >= 15 is 0 Å². The predicted octanol–water partition coefficient (Wildman–Crippen LogP) is 3.60. The summed E-state index contributed by atoms with van der Waals surface area (Å²) in [5, 5.41) is 9.19. The third-order valence-corrected chi connectivity index (χ3v) is 5.67. The molecule has 0 amide bonds. The Bertz CT molecular complexity index is 816. The van der Waals surface area contributed by atoms with E-state index in [1.807, 2.05) is 12.1 Å². The van der Waals surface area contributed by atoms with Crippen molar-refractivity contribution in [1.82, 2.24) is 0 Å². The monoisotopic (exact) mass is 382 g/mol. The highest BCUT2D eigenvalue weighted by molar-refractivity contribution is 7.91. The number of carboxylic acids is 1. The highest BCUT2D eigenvalue weighted by Crippen LogP contribution is 2.21. The number of carboxylic acid groups (broad SMARTS) is 1. The first kappa shape index (κ1) is 19.3. The maximum absolute atomic E-state index is 12.3. The Hall–Kier alpha value is -2.05. The number of sulfone groups is 1. The second kappa shape index (κ2) is 8.87. The molecular formula is C18H19ClO5S. The maximum atomic E-state index is 12.3. The van der Waals surface area contributed by atoms with Gasteiger partial charge in [0.05, 0.1) is 10.6 Å². The summed E-state index contributed by atoms with van der Waals surface area (Å²) in [6.07, 6.45) is 1.77. The number of unbranched alkanes of at least 4 members (excludes halogenated alkanes) is 1. The fourth-order valence-electron chi connectivity index (χ4n) is 2.36. The van der Waals surface area contributed by atoms with Crippen LogP contribution in [0, 0.1) is 0 Å². The van der Waals surface area contributed by atoms with Crippen LogP contribution in [0.1, 0.15) is 18.4 Å². The number of para-hydroxylation sites is 1. The lowest BCUT2D eigenvalue weighted by Crippen LogP contribution is -2.10. The van der Waals surface area contributed by atoms with Crippen LogP contribution in [0.4, 0.5) is 0 Å². The Kier molecular flexibility index (Phi) is 6.84. The van der Waals surface area contributed by atoms with Gasteiger partial charge in [0.25, 0.3) is 0 Å². The van der Waals surface area contributed by atoms with Gasteiger partial charge in [-0.1, -0.05) is 29.8 Å². The van der Waals surface area contributed by atoms with Gasteiger partial charge in [0.1, 0.15) is 5.75 Å². The molecule has 0 bridgehead atoms. The lowest BCUT2D eigenvalue weighted by molar-refractivity contribution is -0.139. The molecule has 0 fully saturated rings. The van der Waals surface area contributed by atoms with Crippen LogP contribution < -0.4 is 4.74 Å². The van der Waals surface area contributed by atoms with Crippen molar-refractivity contribution < 1.29 is 23.1 Å². The molecule has 0 atom stereocenters. The number of ether oxygens (including phenoxy) is 1. The molecule has 2 rings (SSSR count). The van der Waals surface area contributed by atoms with Gasteiger partial charge in [0, 0.05) is 5.02 Å². The fourth-order valence-corrected chi connectivity index (χ4v) is 3.85. The van der Waals surface area contributed by atoms with Gasteiger partial charge in [-0.15, -0.1) is 0 Å². The van der Waals surface area contributed by atoms with Crippen LogP contribution in [0.3, 0.4) is 0 Å². The van der Waals surface area contributed by atoms with Crippen LogP contribution in [-0.2, 0) is 21.1 Å². The zero-order valence-corrected chi connectivity index (χ0v) is 15.1. The third-order valence-electron chi connectivity index (χ3n) is 3.61. The molecule has 25 heavy (non-hydrogen) atoms. The average Bonchev–Trinajstić information content (AvgIpc) is 2.58. The van der Waals surface area contributed by atoms with Gasteiger partial charge in [-0.2, -0.15) is 0 Å². The van der Waals surface area contributed by atoms with Gasteiger partial charge < -0.3 is 9.84 Å². The van der Waals surface area contributed by atoms with Crippen molar-refractivity contribution in [2.45, 2.75) is 24.2 Å². The molecule has 0 unspecified atom stereocenters. The van der Waals surface area contributed by atoms with Crippen molar-refractivity contribution >= 4 is 27.4 Å². The normalized spacial score (nSPS) is 11.2. The molecule has 7 heteroatoms. The van der Waals surface area contributed by atoms with Crippen molar-refractivity contribution in [2.75, 3.05) is 12.4 Å². The van der Waals surface area contributed by atoms with Gasteiger partial charge >= 0.3 is 5.97 Å². The number of carbonyl (C=O) groups is 1. The van der Waals surface area contributed by atoms with Crippen molar-refractivity contribution in [3.05, 3.63) is 59.1 Å². The zero-order chi connectivity index (χ0) is 18.3. The number of rotatable bonds is 9. The van der Waals surface area contributed by atoms with E-state index in [0.29, 0.717) is 30.0 Å². The summed E-state index contributed by atoms with van der Waals surface area (Å²) in [6, 6.07) is 13.3. The molecule has 0 spiro atoms. The van der Waals surface area contributed by atoms with E-state index in [2.05, 4.69) is 0 Å². The van der Waals surface area contributed by atoms with Gasteiger partial charge in [-0.05, 0) is 55.2 Å². The molecular weight excluding hydrogens is 364 g/mol. The molecule has 2 aromatic rings. The average molecular weight is 383 g/mol. The van der Waals surface area contributed by atoms with Gasteiger partial charge in [0.15, 0.2) is 16.4 Å². The van der Waals surface area contributed by atoms with E-state index in [-0.39, 0.29) is 10.6 Å². The molecule has 0 heterocycles. The van der Waals surface area contributed by atoms with Crippen LogP contribution in [-0.4, -0.2) is 31.9 Å². The summed E-state index contributed by atoms with van der Waals surface area (Å²) in [7, 11) is -3.33. The van der Waals surface area contributed by atoms with Crippen LogP contribution >= 0.6 is 11.6 Å². The molecule has 134 valence electrons. The molecule has 0 saturated carbocycles. The molecule has 2 aromatic carbocycles. The molecule has 0 aliphatic heterocycles. The minimum Gasteiger partial charge on any atom is -0.482 e. The summed E-state index contributed by atoms with van der Waals surface area (Å²) in [5.41, 5.74) is 0.868. The summed E-state index contributed by atoms with van der Waals surface area (Å²) in [6.45, 7) is -0.401. The molecule has 0 aromatic heterocycles. The lowest BCUT2D eigenvalue weighted by atomic mass is 10.1. The SMILES string of the molecule is O=C(O)COc1ccccc1CCCCS(=O)(=O)c1ccc(Cl)cc1. The highest BCUT2D eigenvalue weighted by Gasteiger charge is 2.14. The highest BCUT2D eigenvalue weighted by atomic mass is 35.5. The second-order valence-electron chi connectivity index (χ2n) is 5.52. The van der Waals surface area contributed by atoms with E-state index < -0.39 is 22.4 Å². The van der Waals surface area contributed by atoms with Crippen LogP contribution in [0.5, 0.6) is 5.75 Å². The molecule has 0 aliphatic rings. The first-order valence-corrected chi connectivity index (χ1v) is 9.82. The Morgan fingerprint density at radius 2 is 1.72 bits per heavy atom. The number of benzene rings is 2. The summed E-state index contributed by atoms with van der Waals surface area (Å²) < 4.78 is 29.8. The largest absolute Gasteiger partial charge is 0.482 e. The number of hydrogen-bond donors (Lipinski definition) is 1. The predicted molar refractivity (Wildman–Crippen MR) is 96.0 cm³/mol. The fraction of sp³-hybridized carbons (Fsp3) is 0.278. The number of aryl methyl sites for hydroxylation is 1. The first-order chi connectivity index (χ1) is 11.9. The number of aliphatic carboxylic acids is 1. The Labute approximate surface area is 152 Å². The molecule has 5 nitrogen and oxygen atoms in total. The Morgan fingerprint density at radius 3 is 2.40 bits per heavy atom. The Balaban J connectivity index is 1.89. The standard InChI is InChI=1S/C18H19ClO5S/c19-15-8-10-16(11-9-15)25(22,23)12-4-3-6-14-5-1-2-7-17(14)24-13-18(20)21/h1-2,5,7-11H,3-4,6,12-13H2,(H,20,21). The molecule has 0 aliphatic carbocycles. The molecule has 0 saturated heterocycles. The van der Waals surface area contributed by atoms with Crippen molar-refractivity contribution in [2.24, 2.45) is 0 Å². The summed E-state index contributed by atoms with van der Waals surface area (Å²) in [4.78, 5) is 10.9. The van der Waals surface area contributed by atoms with E-state index in [9.17, 15) is 13.2 Å². The smallest absolute Gasteiger partial charge is 0.341 e. The van der Waals surface area contributed by atoms with Crippen molar-refractivity contribution in [3.8, 4) is 5.75 Å². The summed E-state index contributed by atoms with van der Waals surface area (Å²) >= 11 is 5.77. The number of halogens is 1. The summed E-state index contributed by atoms with van der Waals surface area (Å²) in [5.74, 6) is -0.471. The minimum atomic E-state index is -3.33. The van der Waals surface area contributed by atoms with E-state index in [1.165, 1.54) is 12.1 Å². The Morgan fingerprint density at radius 1 is 1.04 bits per heavy atom. The third kappa shape index (κ3) is 6.07. The van der Waals surface area contributed by atoms with Gasteiger partial charge in [0.2, 0.25) is 0 Å². The van der Waals surface area contributed by atoms with Crippen LogP contribution in [0.2, 0.25) is 5.02 Å². The van der Waals surface area contributed by atoms with Crippen molar-refractivity contribution in [3.63, 3.8) is 0 Å². The van der Waals surface area contributed by atoms with E-state index in [4.69, 9.17) is 21.4 Å². The van der Waals surface area contributed by atoms with Gasteiger partial charge in [-0.3, -0.25) is 0 Å². The molecule has 0 radical (unpaired) electrons.